The van der Waals surface area contributed by atoms with Crippen LogP contribution in [0.15, 0.2) is 41.0 Å². The topological polar surface area (TPSA) is 43.6 Å². The lowest BCUT2D eigenvalue weighted by Crippen LogP contribution is -2.21. The summed E-state index contributed by atoms with van der Waals surface area (Å²) in [6.45, 7) is 4.13. The van der Waals surface area contributed by atoms with Gasteiger partial charge >= 0.3 is 0 Å². The minimum atomic E-state index is 0.274. The highest BCUT2D eigenvalue weighted by Gasteiger charge is 2.16. The summed E-state index contributed by atoms with van der Waals surface area (Å²) in [5.74, 6) is 2.62. The normalized spacial score (nSPS) is 15.1. The average Bonchev–Trinajstić information content (AvgIpc) is 3.01. The molecule has 4 heteroatoms. The van der Waals surface area contributed by atoms with Gasteiger partial charge in [0.2, 0.25) is 0 Å². The molecule has 1 atom stereocenters. The zero-order valence-electron chi connectivity index (χ0n) is 11.6. The van der Waals surface area contributed by atoms with E-state index in [1.165, 1.54) is 5.56 Å². The number of rotatable bonds is 5. The van der Waals surface area contributed by atoms with Gasteiger partial charge in [-0.1, -0.05) is 13.0 Å². The molecule has 0 aliphatic carbocycles. The standard InChI is InChI=1S/C16H19NO3/c1-2-14(17-11-13-4-3-7-18-13)12-5-6-15-16(10-12)20-9-8-19-15/h3-7,10,14,17H,2,8-9,11H2,1H3. The predicted molar refractivity (Wildman–Crippen MR) is 76.0 cm³/mol. The molecule has 2 aromatic rings. The van der Waals surface area contributed by atoms with Crippen molar-refractivity contribution >= 4 is 0 Å². The van der Waals surface area contributed by atoms with E-state index in [-0.39, 0.29) is 6.04 Å². The van der Waals surface area contributed by atoms with Crippen LogP contribution in [0.2, 0.25) is 0 Å². The van der Waals surface area contributed by atoms with Gasteiger partial charge in [0.15, 0.2) is 11.5 Å². The van der Waals surface area contributed by atoms with Crippen LogP contribution in [0, 0.1) is 0 Å². The van der Waals surface area contributed by atoms with Gasteiger partial charge in [-0.25, -0.2) is 0 Å². The first-order chi connectivity index (χ1) is 9.86. The fraction of sp³-hybridized carbons (Fsp3) is 0.375. The van der Waals surface area contributed by atoms with Crippen molar-refractivity contribution < 1.29 is 13.9 Å². The maximum absolute atomic E-state index is 5.64. The van der Waals surface area contributed by atoms with E-state index >= 15 is 0 Å². The van der Waals surface area contributed by atoms with E-state index in [1.54, 1.807) is 6.26 Å². The molecule has 1 aliphatic heterocycles. The Hall–Kier alpha value is -1.94. The summed E-state index contributed by atoms with van der Waals surface area (Å²) >= 11 is 0. The second kappa shape index (κ2) is 6.01. The molecule has 0 saturated carbocycles. The van der Waals surface area contributed by atoms with Gasteiger partial charge in [-0.05, 0) is 36.2 Å². The van der Waals surface area contributed by atoms with Crippen molar-refractivity contribution in [3.63, 3.8) is 0 Å². The first-order valence-corrected chi connectivity index (χ1v) is 7.02. The van der Waals surface area contributed by atoms with Crippen LogP contribution in [0.4, 0.5) is 0 Å². The van der Waals surface area contributed by atoms with Crippen LogP contribution in [-0.4, -0.2) is 13.2 Å². The van der Waals surface area contributed by atoms with E-state index in [0.29, 0.717) is 13.2 Å². The fourth-order valence-corrected chi connectivity index (χ4v) is 2.41. The van der Waals surface area contributed by atoms with E-state index < -0.39 is 0 Å². The van der Waals surface area contributed by atoms with Crippen molar-refractivity contribution in [1.29, 1.82) is 0 Å². The molecule has 0 fully saturated rings. The van der Waals surface area contributed by atoms with Crippen LogP contribution in [0.1, 0.15) is 30.7 Å². The molecule has 1 aromatic heterocycles. The third-order valence-electron chi connectivity index (χ3n) is 3.48. The summed E-state index contributed by atoms with van der Waals surface area (Å²) in [6, 6.07) is 10.3. The highest BCUT2D eigenvalue weighted by atomic mass is 16.6. The van der Waals surface area contributed by atoms with Crippen molar-refractivity contribution in [1.82, 2.24) is 5.32 Å². The second-order valence-electron chi connectivity index (χ2n) is 4.82. The lowest BCUT2D eigenvalue weighted by molar-refractivity contribution is 0.171. The van der Waals surface area contributed by atoms with E-state index in [1.807, 2.05) is 18.2 Å². The van der Waals surface area contributed by atoms with E-state index in [9.17, 15) is 0 Å². The second-order valence-corrected chi connectivity index (χ2v) is 4.82. The SMILES string of the molecule is CCC(NCc1ccco1)c1ccc2c(c1)OCCO2. The molecule has 4 nitrogen and oxygen atoms in total. The zero-order chi connectivity index (χ0) is 13.8. The summed E-state index contributed by atoms with van der Waals surface area (Å²) in [5, 5.41) is 3.50. The lowest BCUT2D eigenvalue weighted by Gasteiger charge is -2.22. The summed E-state index contributed by atoms with van der Waals surface area (Å²) in [7, 11) is 0. The first-order valence-electron chi connectivity index (χ1n) is 7.02. The number of fused-ring (bicyclic) bond motifs is 1. The Labute approximate surface area is 118 Å². The van der Waals surface area contributed by atoms with Crippen molar-refractivity contribution in [3.8, 4) is 11.5 Å². The number of benzene rings is 1. The van der Waals surface area contributed by atoms with Crippen molar-refractivity contribution in [2.24, 2.45) is 0 Å². The Balaban J connectivity index is 1.71. The van der Waals surface area contributed by atoms with Crippen LogP contribution >= 0.6 is 0 Å². The molecule has 1 aromatic carbocycles. The van der Waals surface area contributed by atoms with Gasteiger partial charge in [-0.2, -0.15) is 0 Å². The van der Waals surface area contributed by atoms with Crippen LogP contribution in [0.3, 0.4) is 0 Å². The smallest absolute Gasteiger partial charge is 0.161 e. The Bertz CT molecular complexity index is 551. The predicted octanol–water partition coefficient (Wildman–Crippen LogP) is 3.29. The van der Waals surface area contributed by atoms with Crippen LogP contribution in [-0.2, 0) is 6.54 Å². The average molecular weight is 273 g/mol. The number of ether oxygens (including phenoxy) is 2. The van der Waals surface area contributed by atoms with Crippen LogP contribution in [0.5, 0.6) is 11.5 Å². The Kier molecular flexibility index (Phi) is 3.92. The summed E-state index contributed by atoms with van der Waals surface area (Å²) in [6.07, 6.45) is 2.70. The Morgan fingerprint density at radius 3 is 2.75 bits per heavy atom. The highest BCUT2D eigenvalue weighted by Crippen LogP contribution is 2.33. The van der Waals surface area contributed by atoms with Gasteiger partial charge in [0.25, 0.3) is 0 Å². The third kappa shape index (κ3) is 2.80. The molecular weight excluding hydrogens is 254 g/mol. The van der Waals surface area contributed by atoms with Crippen LogP contribution < -0.4 is 14.8 Å². The van der Waals surface area contributed by atoms with Gasteiger partial charge in [0, 0.05) is 6.04 Å². The van der Waals surface area contributed by atoms with Gasteiger partial charge in [0.1, 0.15) is 19.0 Å². The van der Waals surface area contributed by atoms with Gasteiger partial charge in [-0.15, -0.1) is 0 Å². The monoisotopic (exact) mass is 273 g/mol. The van der Waals surface area contributed by atoms with Crippen molar-refractivity contribution in [2.75, 3.05) is 13.2 Å². The molecule has 106 valence electrons. The summed E-state index contributed by atoms with van der Waals surface area (Å²) in [5.41, 5.74) is 1.21. The molecule has 0 radical (unpaired) electrons. The number of nitrogens with one attached hydrogen (secondary N) is 1. The molecule has 0 bridgehead atoms. The van der Waals surface area contributed by atoms with E-state index in [0.717, 1.165) is 30.2 Å². The van der Waals surface area contributed by atoms with Gasteiger partial charge < -0.3 is 19.2 Å². The molecule has 2 heterocycles. The van der Waals surface area contributed by atoms with Gasteiger partial charge in [-0.3, -0.25) is 0 Å². The van der Waals surface area contributed by atoms with Crippen molar-refractivity contribution in [3.05, 3.63) is 47.9 Å². The highest BCUT2D eigenvalue weighted by molar-refractivity contribution is 5.44. The van der Waals surface area contributed by atoms with Gasteiger partial charge in [0.05, 0.1) is 12.8 Å². The summed E-state index contributed by atoms with van der Waals surface area (Å²) in [4.78, 5) is 0. The Morgan fingerprint density at radius 2 is 2.00 bits per heavy atom. The molecule has 0 saturated heterocycles. The third-order valence-corrected chi connectivity index (χ3v) is 3.48. The molecule has 20 heavy (non-hydrogen) atoms. The maximum atomic E-state index is 5.64. The number of hydrogen-bond acceptors (Lipinski definition) is 4. The quantitative estimate of drug-likeness (QED) is 0.907. The maximum Gasteiger partial charge on any atom is 0.161 e. The molecule has 1 aliphatic rings. The van der Waals surface area contributed by atoms with Crippen molar-refractivity contribution in [2.45, 2.75) is 25.9 Å². The van der Waals surface area contributed by atoms with E-state index in [2.05, 4.69) is 24.4 Å². The molecule has 1 N–H and O–H groups in total. The zero-order valence-corrected chi connectivity index (χ0v) is 11.6. The fourth-order valence-electron chi connectivity index (χ4n) is 2.41. The first kappa shape index (κ1) is 13.1. The number of hydrogen-bond donors (Lipinski definition) is 1. The molecule has 1 unspecified atom stereocenters. The number of furan rings is 1. The van der Waals surface area contributed by atoms with Crippen LogP contribution in [0.25, 0.3) is 0 Å². The molecular formula is C16H19NO3. The molecule has 0 amide bonds. The van der Waals surface area contributed by atoms with E-state index in [4.69, 9.17) is 13.9 Å². The summed E-state index contributed by atoms with van der Waals surface area (Å²) < 4.78 is 16.5. The largest absolute Gasteiger partial charge is 0.486 e. The lowest BCUT2D eigenvalue weighted by atomic mass is 10.0. The minimum Gasteiger partial charge on any atom is -0.486 e. The minimum absolute atomic E-state index is 0.274. The molecule has 3 rings (SSSR count). The molecule has 0 spiro atoms. The Morgan fingerprint density at radius 1 is 1.15 bits per heavy atom.